The summed E-state index contributed by atoms with van der Waals surface area (Å²) in [4.78, 5) is 14.8. The molecule has 0 saturated carbocycles. The number of aryl methyl sites for hydroxylation is 1. The maximum atomic E-state index is 10.8. The smallest absolute Gasteiger partial charge is 0.263 e. The van der Waals surface area contributed by atoms with E-state index in [1.807, 2.05) is 40.7 Å². The molecule has 0 unspecified atom stereocenters. The third-order valence-electron chi connectivity index (χ3n) is 1.61. The summed E-state index contributed by atoms with van der Waals surface area (Å²) in [5, 5.41) is 2.61. The predicted octanol–water partition coefficient (Wildman–Crippen LogP) is 2.77. The van der Waals surface area contributed by atoms with Gasteiger partial charge < -0.3 is 10.1 Å². The average Bonchev–Trinajstić information content (AvgIpc) is 2.35. The lowest BCUT2D eigenvalue weighted by atomic mass is 10.3. The summed E-state index contributed by atoms with van der Waals surface area (Å²) in [5.41, 5.74) is 1.02. The van der Waals surface area contributed by atoms with Crippen LogP contribution in [0, 0.1) is 6.92 Å². The number of amides is 1. The largest absolute Gasteiger partial charge is 0.480 e. The molecule has 0 aliphatic carbocycles. The molecule has 0 atom stereocenters. The number of pyridine rings is 1. The fraction of sp³-hybridized carbons (Fsp3) is 0.500. The molecule has 0 bridgehead atoms. The number of aromatic nitrogens is 1. The van der Waals surface area contributed by atoms with E-state index in [2.05, 4.69) is 10.3 Å². The number of nitrogens with zero attached hydrogens (tertiary/aromatic N) is 1. The number of hydrogen-bond donors (Lipinski definition) is 1. The highest BCUT2D eigenvalue weighted by atomic mass is 16.5. The van der Waals surface area contributed by atoms with Crippen molar-refractivity contribution in [3.63, 3.8) is 0 Å². The van der Waals surface area contributed by atoms with Crippen molar-refractivity contribution in [2.45, 2.75) is 34.6 Å². The van der Waals surface area contributed by atoms with E-state index in [4.69, 9.17) is 4.74 Å². The maximum absolute atomic E-state index is 10.8. The van der Waals surface area contributed by atoms with Crippen LogP contribution in [-0.4, -0.2) is 17.5 Å². The quantitative estimate of drug-likeness (QED) is 0.737. The predicted molar refractivity (Wildman–Crippen MR) is 65.8 cm³/mol. The molecule has 4 nitrogen and oxygen atoms in total. The molecule has 1 aliphatic rings. The average molecular weight is 224 g/mol. The van der Waals surface area contributed by atoms with Crippen molar-refractivity contribution in [3.8, 4) is 5.75 Å². The van der Waals surface area contributed by atoms with Gasteiger partial charge in [-0.1, -0.05) is 27.7 Å². The van der Waals surface area contributed by atoms with Gasteiger partial charge in [-0.15, -0.1) is 0 Å². The van der Waals surface area contributed by atoms with Gasteiger partial charge in [-0.2, -0.15) is 0 Å². The summed E-state index contributed by atoms with van der Waals surface area (Å²) >= 11 is 0. The van der Waals surface area contributed by atoms with Crippen molar-refractivity contribution in [2.24, 2.45) is 0 Å². The van der Waals surface area contributed by atoms with Crippen molar-refractivity contribution in [2.75, 3.05) is 11.9 Å². The minimum absolute atomic E-state index is 0.0815. The molecule has 0 fully saturated rings. The first-order valence-corrected chi connectivity index (χ1v) is 5.65. The van der Waals surface area contributed by atoms with Crippen molar-refractivity contribution in [1.29, 1.82) is 0 Å². The Hall–Kier alpha value is -1.58. The van der Waals surface area contributed by atoms with Crippen LogP contribution in [0.5, 0.6) is 5.75 Å². The van der Waals surface area contributed by atoms with E-state index in [1.165, 1.54) is 0 Å². The first-order valence-electron chi connectivity index (χ1n) is 5.65. The monoisotopic (exact) mass is 224 g/mol. The number of carbonyl (C=O) groups excluding carboxylic acids is 1. The zero-order chi connectivity index (χ0) is 12.6. The SMILES string of the molecule is CC.CC.Cc1cnc2c(c1)OCC(=O)N2. The van der Waals surface area contributed by atoms with Crippen LogP contribution in [0.15, 0.2) is 12.3 Å². The Morgan fingerprint density at radius 2 is 1.94 bits per heavy atom. The molecule has 1 aromatic heterocycles. The van der Waals surface area contributed by atoms with Crippen LogP contribution in [-0.2, 0) is 4.79 Å². The van der Waals surface area contributed by atoms with Crippen molar-refractivity contribution in [3.05, 3.63) is 17.8 Å². The lowest BCUT2D eigenvalue weighted by Gasteiger charge is -2.16. The number of rotatable bonds is 0. The molecule has 1 N–H and O–H groups in total. The van der Waals surface area contributed by atoms with Crippen LogP contribution >= 0.6 is 0 Å². The van der Waals surface area contributed by atoms with E-state index in [0.717, 1.165) is 5.56 Å². The first kappa shape index (κ1) is 14.4. The van der Waals surface area contributed by atoms with Crippen LogP contribution in [0.3, 0.4) is 0 Å². The molecule has 1 amide bonds. The Morgan fingerprint density at radius 3 is 2.56 bits per heavy atom. The van der Waals surface area contributed by atoms with Gasteiger partial charge in [0.2, 0.25) is 0 Å². The summed E-state index contributed by atoms with van der Waals surface area (Å²) < 4.78 is 5.14. The fourth-order valence-corrected chi connectivity index (χ4v) is 1.06. The molecule has 1 aromatic rings. The van der Waals surface area contributed by atoms with E-state index in [0.29, 0.717) is 11.6 Å². The second-order valence-electron chi connectivity index (χ2n) is 2.70. The Morgan fingerprint density at radius 1 is 1.31 bits per heavy atom. The van der Waals surface area contributed by atoms with Gasteiger partial charge in [-0.3, -0.25) is 4.79 Å². The Balaban J connectivity index is 0.000000509. The van der Waals surface area contributed by atoms with Gasteiger partial charge in [-0.05, 0) is 18.6 Å². The number of hydrogen-bond acceptors (Lipinski definition) is 3. The Kier molecular flexibility index (Phi) is 6.92. The van der Waals surface area contributed by atoms with Gasteiger partial charge in [-0.25, -0.2) is 4.98 Å². The van der Waals surface area contributed by atoms with Gasteiger partial charge in [0, 0.05) is 6.20 Å². The number of carbonyl (C=O) groups is 1. The number of ether oxygens (including phenoxy) is 1. The number of anilines is 1. The summed E-state index contributed by atoms with van der Waals surface area (Å²) in [5.74, 6) is 1.00. The molecule has 16 heavy (non-hydrogen) atoms. The standard InChI is InChI=1S/C8H8N2O2.2C2H6/c1-5-2-6-8(9-3-5)10-7(11)4-12-6;2*1-2/h2-3H,4H2,1H3,(H,9,10,11);2*1-2H3. The third-order valence-corrected chi connectivity index (χ3v) is 1.61. The lowest BCUT2D eigenvalue weighted by molar-refractivity contribution is -0.118. The second-order valence-corrected chi connectivity index (χ2v) is 2.70. The summed E-state index contributed by atoms with van der Waals surface area (Å²) in [7, 11) is 0. The zero-order valence-electron chi connectivity index (χ0n) is 10.6. The van der Waals surface area contributed by atoms with Crippen LogP contribution < -0.4 is 10.1 Å². The van der Waals surface area contributed by atoms with Crippen LogP contribution in [0.2, 0.25) is 0 Å². The minimum Gasteiger partial charge on any atom is -0.480 e. The molecular weight excluding hydrogens is 204 g/mol. The molecule has 0 aromatic carbocycles. The van der Waals surface area contributed by atoms with Gasteiger partial charge in [0.05, 0.1) is 0 Å². The number of fused-ring (bicyclic) bond motifs is 1. The van der Waals surface area contributed by atoms with Crippen LogP contribution in [0.25, 0.3) is 0 Å². The third kappa shape index (κ3) is 3.88. The highest BCUT2D eigenvalue weighted by Crippen LogP contribution is 2.25. The molecule has 0 spiro atoms. The second kappa shape index (κ2) is 7.68. The molecule has 2 heterocycles. The summed E-state index contributed by atoms with van der Waals surface area (Å²) in [6, 6.07) is 1.85. The van der Waals surface area contributed by atoms with E-state index in [-0.39, 0.29) is 12.5 Å². The van der Waals surface area contributed by atoms with Crippen molar-refractivity contribution < 1.29 is 9.53 Å². The molecule has 90 valence electrons. The van der Waals surface area contributed by atoms with Gasteiger partial charge in [0.25, 0.3) is 5.91 Å². The molecule has 4 heteroatoms. The van der Waals surface area contributed by atoms with Crippen LogP contribution in [0.1, 0.15) is 33.3 Å². The van der Waals surface area contributed by atoms with Crippen LogP contribution in [0.4, 0.5) is 5.82 Å². The summed E-state index contributed by atoms with van der Waals surface area (Å²) in [6.07, 6.45) is 1.69. The highest BCUT2D eigenvalue weighted by Gasteiger charge is 2.16. The van der Waals surface area contributed by atoms with Gasteiger partial charge in [0.15, 0.2) is 18.2 Å². The molecule has 0 saturated heterocycles. The first-order chi connectivity index (χ1) is 7.75. The zero-order valence-corrected chi connectivity index (χ0v) is 10.6. The van der Waals surface area contributed by atoms with E-state index in [1.54, 1.807) is 6.20 Å². The van der Waals surface area contributed by atoms with E-state index >= 15 is 0 Å². The molecule has 1 aliphatic heterocycles. The Labute approximate surface area is 97.0 Å². The van der Waals surface area contributed by atoms with Gasteiger partial charge >= 0.3 is 0 Å². The number of nitrogens with one attached hydrogen (secondary N) is 1. The maximum Gasteiger partial charge on any atom is 0.263 e. The van der Waals surface area contributed by atoms with Crippen molar-refractivity contribution >= 4 is 11.7 Å². The normalized spacial score (nSPS) is 11.7. The van der Waals surface area contributed by atoms with E-state index in [9.17, 15) is 4.79 Å². The molecular formula is C12H20N2O2. The Bertz CT molecular complexity index is 338. The lowest BCUT2D eigenvalue weighted by Crippen LogP contribution is -2.26. The highest BCUT2D eigenvalue weighted by molar-refractivity contribution is 5.94. The van der Waals surface area contributed by atoms with Gasteiger partial charge in [0.1, 0.15) is 0 Å². The fourth-order valence-electron chi connectivity index (χ4n) is 1.06. The van der Waals surface area contributed by atoms with Crippen molar-refractivity contribution in [1.82, 2.24) is 4.98 Å². The molecule has 0 radical (unpaired) electrons. The minimum atomic E-state index is -0.154. The summed E-state index contributed by atoms with van der Waals surface area (Å²) in [6.45, 7) is 10.0. The van der Waals surface area contributed by atoms with E-state index < -0.39 is 0 Å². The topological polar surface area (TPSA) is 51.2 Å². The molecule has 2 rings (SSSR count).